The Bertz CT molecular complexity index is 315. The van der Waals surface area contributed by atoms with Crippen LogP contribution in [0.25, 0.3) is 0 Å². The predicted molar refractivity (Wildman–Crippen MR) is 69.8 cm³/mol. The lowest BCUT2D eigenvalue weighted by molar-refractivity contribution is -0.354. The summed E-state index contributed by atoms with van der Waals surface area (Å²) in [5.74, 6) is 0.408. The van der Waals surface area contributed by atoms with E-state index in [2.05, 4.69) is 0 Å². The summed E-state index contributed by atoms with van der Waals surface area (Å²) in [5.41, 5.74) is -3.86. The van der Waals surface area contributed by atoms with Crippen LogP contribution in [-0.2, 0) is 0 Å². The molecule has 0 amide bonds. The number of alkyl halides is 6. The molecule has 0 unspecified atom stereocenters. The van der Waals surface area contributed by atoms with E-state index in [1.54, 1.807) is 0 Å². The molecule has 0 aliphatic heterocycles. The molecule has 0 spiro atoms. The smallest absolute Gasteiger partial charge is 0.170 e. The Labute approximate surface area is 122 Å². The Balaban J connectivity index is 2.92. The minimum atomic E-state index is -5.22. The third-order valence-electron chi connectivity index (χ3n) is 5.25. The van der Waals surface area contributed by atoms with Crippen molar-refractivity contribution in [2.24, 2.45) is 16.7 Å². The average molecular weight is 318 g/mol. The van der Waals surface area contributed by atoms with Crippen molar-refractivity contribution in [3.8, 4) is 0 Å². The monoisotopic (exact) mass is 318 g/mol. The molecular weight excluding hydrogens is 294 g/mol. The van der Waals surface area contributed by atoms with Crippen LogP contribution in [0.4, 0.5) is 26.3 Å². The summed E-state index contributed by atoms with van der Waals surface area (Å²) >= 11 is 0. The van der Waals surface area contributed by atoms with Gasteiger partial charge in [-0.2, -0.15) is 26.3 Å². The van der Waals surface area contributed by atoms with E-state index in [1.807, 2.05) is 20.8 Å². The molecule has 1 aliphatic carbocycles. The van der Waals surface area contributed by atoms with E-state index < -0.39 is 30.6 Å². The highest BCUT2D eigenvalue weighted by molar-refractivity contribution is 5.00. The highest BCUT2D eigenvalue weighted by Crippen LogP contribution is 2.62. The van der Waals surface area contributed by atoms with Gasteiger partial charge < -0.3 is 0 Å². The van der Waals surface area contributed by atoms with Gasteiger partial charge in [-0.3, -0.25) is 0 Å². The number of rotatable bonds is 4. The summed E-state index contributed by atoms with van der Waals surface area (Å²) < 4.78 is 78.3. The normalized spacial score (nSPS) is 22.6. The molecule has 6 heteroatoms. The molecule has 1 saturated carbocycles. The second kappa shape index (κ2) is 5.99. The van der Waals surface area contributed by atoms with Crippen molar-refractivity contribution < 1.29 is 26.3 Å². The zero-order valence-electron chi connectivity index (χ0n) is 12.8. The van der Waals surface area contributed by atoms with Crippen LogP contribution < -0.4 is 0 Å². The molecule has 0 saturated heterocycles. The maximum absolute atomic E-state index is 13.0. The van der Waals surface area contributed by atoms with Crippen LogP contribution in [-0.4, -0.2) is 12.4 Å². The molecule has 1 rings (SSSR count). The van der Waals surface area contributed by atoms with Gasteiger partial charge in [0.05, 0.1) is 0 Å². The van der Waals surface area contributed by atoms with Gasteiger partial charge in [-0.1, -0.05) is 33.6 Å². The second-order valence-corrected chi connectivity index (χ2v) is 6.86. The third-order valence-corrected chi connectivity index (χ3v) is 5.25. The van der Waals surface area contributed by atoms with Crippen molar-refractivity contribution in [1.82, 2.24) is 0 Å². The van der Waals surface area contributed by atoms with E-state index in [0.29, 0.717) is 18.8 Å². The first-order chi connectivity index (χ1) is 9.39. The minimum absolute atomic E-state index is 0.00917. The summed E-state index contributed by atoms with van der Waals surface area (Å²) in [6.45, 7) is 5.90. The van der Waals surface area contributed by atoms with Crippen molar-refractivity contribution in [2.75, 3.05) is 0 Å². The van der Waals surface area contributed by atoms with E-state index >= 15 is 0 Å². The fourth-order valence-corrected chi connectivity index (χ4v) is 3.31. The Morgan fingerprint density at radius 1 is 0.857 bits per heavy atom. The largest absolute Gasteiger partial charge is 0.403 e. The van der Waals surface area contributed by atoms with E-state index in [1.165, 1.54) is 0 Å². The maximum Gasteiger partial charge on any atom is 0.403 e. The van der Waals surface area contributed by atoms with Gasteiger partial charge in [0.15, 0.2) is 5.41 Å². The van der Waals surface area contributed by atoms with Gasteiger partial charge in [0, 0.05) is 0 Å². The van der Waals surface area contributed by atoms with E-state index in [-0.39, 0.29) is 18.3 Å². The maximum atomic E-state index is 13.0. The van der Waals surface area contributed by atoms with Crippen molar-refractivity contribution in [1.29, 1.82) is 0 Å². The minimum Gasteiger partial charge on any atom is -0.170 e. The molecule has 126 valence electrons. The molecule has 0 bridgehead atoms. The first-order valence-corrected chi connectivity index (χ1v) is 7.53. The summed E-state index contributed by atoms with van der Waals surface area (Å²) in [6, 6.07) is 0. The first-order valence-electron chi connectivity index (χ1n) is 7.53. The third kappa shape index (κ3) is 3.67. The number of hydrogen-bond donors (Lipinski definition) is 0. The SMILES string of the molecule is CCC1(CCC(C)C)CCC(C(F)(F)F)(C(F)(F)F)CC1. The molecule has 1 fully saturated rings. The van der Waals surface area contributed by atoms with Crippen molar-refractivity contribution >= 4 is 0 Å². The van der Waals surface area contributed by atoms with Gasteiger partial charge in [-0.15, -0.1) is 0 Å². The molecule has 0 aromatic rings. The summed E-state index contributed by atoms with van der Waals surface area (Å²) in [4.78, 5) is 0. The lowest BCUT2D eigenvalue weighted by Gasteiger charge is -2.47. The van der Waals surface area contributed by atoms with Crippen LogP contribution in [0.3, 0.4) is 0 Å². The Morgan fingerprint density at radius 2 is 1.29 bits per heavy atom. The Morgan fingerprint density at radius 3 is 1.57 bits per heavy atom. The molecular formula is C15H24F6. The molecule has 0 aromatic carbocycles. The van der Waals surface area contributed by atoms with Crippen molar-refractivity contribution in [3.63, 3.8) is 0 Å². The van der Waals surface area contributed by atoms with Crippen LogP contribution in [0.2, 0.25) is 0 Å². The van der Waals surface area contributed by atoms with E-state index in [0.717, 1.165) is 6.42 Å². The standard InChI is InChI=1S/C15H24F6/c1-4-12(6-5-11(2)3)7-9-13(10-8-12,14(16,17)18)15(19,20)21/h11H,4-10H2,1-3H3. The highest BCUT2D eigenvalue weighted by Gasteiger charge is 2.71. The molecule has 0 nitrogen and oxygen atoms in total. The quantitative estimate of drug-likeness (QED) is 0.519. The molecule has 0 radical (unpaired) electrons. The van der Waals surface area contributed by atoms with E-state index in [4.69, 9.17) is 0 Å². The average Bonchev–Trinajstić information content (AvgIpc) is 2.34. The lowest BCUT2D eigenvalue weighted by Crippen LogP contribution is -2.53. The van der Waals surface area contributed by atoms with Gasteiger partial charge in [0.1, 0.15) is 0 Å². The Hall–Kier alpha value is -0.420. The fraction of sp³-hybridized carbons (Fsp3) is 1.00. The molecule has 21 heavy (non-hydrogen) atoms. The summed E-state index contributed by atoms with van der Waals surface area (Å²) in [7, 11) is 0. The fourth-order valence-electron chi connectivity index (χ4n) is 3.31. The number of halogens is 6. The van der Waals surface area contributed by atoms with Gasteiger partial charge in [-0.25, -0.2) is 0 Å². The second-order valence-electron chi connectivity index (χ2n) is 6.86. The Kier molecular flexibility index (Phi) is 5.32. The number of hydrogen-bond acceptors (Lipinski definition) is 0. The molecule has 0 heterocycles. The molecule has 0 aromatic heterocycles. The molecule has 1 aliphatic rings. The van der Waals surface area contributed by atoms with Crippen LogP contribution in [0.1, 0.15) is 65.7 Å². The van der Waals surface area contributed by atoms with Gasteiger partial charge in [0.25, 0.3) is 0 Å². The van der Waals surface area contributed by atoms with Gasteiger partial charge >= 0.3 is 12.4 Å². The topological polar surface area (TPSA) is 0 Å². The van der Waals surface area contributed by atoms with Crippen LogP contribution in [0, 0.1) is 16.7 Å². The molecule has 0 atom stereocenters. The summed E-state index contributed by atoms with van der Waals surface area (Å²) in [5, 5.41) is 0. The molecule has 0 N–H and O–H groups in total. The first kappa shape index (κ1) is 18.6. The lowest BCUT2D eigenvalue weighted by atomic mass is 9.60. The van der Waals surface area contributed by atoms with Crippen molar-refractivity contribution in [3.05, 3.63) is 0 Å². The van der Waals surface area contributed by atoms with Crippen LogP contribution >= 0.6 is 0 Å². The van der Waals surface area contributed by atoms with Crippen LogP contribution in [0.15, 0.2) is 0 Å². The zero-order chi connectivity index (χ0) is 16.5. The van der Waals surface area contributed by atoms with Crippen LogP contribution in [0.5, 0.6) is 0 Å². The predicted octanol–water partition coefficient (Wildman–Crippen LogP) is 6.50. The van der Waals surface area contributed by atoms with Crippen molar-refractivity contribution in [2.45, 2.75) is 78.1 Å². The van der Waals surface area contributed by atoms with Gasteiger partial charge in [-0.05, 0) is 43.4 Å². The summed E-state index contributed by atoms with van der Waals surface area (Å²) in [6.07, 6.45) is -9.87. The van der Waals surface area contributed by atoms with E-state index in [9.17, 15) is 26.3 Å². The highest BCUT2D eigenvalue weighted by atomic mass is 19.4. The zero-order valence-corrected chi connectivity index (χ0v) is 12.8. The van der Waals surface area contributed by atoms with Gasteiger partial charge in [0.2, 0.25) is 0 Å².